The molecule has 1 N–H and O–H groups in total. The maximum Gasteiger partial charge on any atom is 0.333 e. The van der Waals surface area contributed by atoms with Crippen molar-refractivity contribution >= 4 is 33.2 Å². The first-order valence-electron chi connectivity index (χ1n) is 9.00. The highest BCUT2D eigenvalue weighted by atomic mass is 32.2. The van der Waals surface area contributed by atoms with Crippen molar-refractivity contribution in [1.29, 1.82) is 0 Å². The van der Waals surface area contributed by atoms with Gasteiger partial charge in [0, 0.05) is 18.0 Å². The summed E-state index contributed by atoms with van der Waals surface area (Å²) < 4.78 is 37.0. The van der Waals surface area contributed by atoms with E-state index in [4.69, 9.17) is 9.47 Å². The molecule has 0 saturated carbocycles. The summed E-state index contributed by atoms with van der Waals surface area (Å²) in [7, 11) is -2.34. The second kappa shape index (κ2) is 9.49. The zero-order chi connectivity index (χ0) is 20.9. The minimum Gasteiger partial charge on any atom is -0.467 e. The fourth-order valence-corrected chi connectivity index (χ4v) is 5.83. The van der Waals surface area contributed by atoms with Crippen LogP contribution in [0.25, 0.3) is 0 Å². The summed E-state index contributed by atoms with van der Waals surface area (Å²) in [6, 6.07) is 11.0. The summed E-state index contributed by atoms with van der Waals surface area (Å²) in [6.45, 7) is 1.37. The molecule has 0 unspecified atom stereocenters. The Balaban J connectivity index is 1.68. The Kier molecular flexibility index (Phi) is 7.01. The SMILES string of the molecule is COC(=O)[C@@H](NC(=O)Cc1ccc(S(=O)(=O)N2CCOCC2)s1)c1ccccc1. The van der Waals surface area contributed by atoms with E-state index in [0.717, 1.165) is 11.3 Å². The van der Waals surface area contributed by atoms with Gasteiger partial charge in [-0.05, 0) is 17.7 Å². The Morgan fingerprint density at radius 2 is 1.86 bits per heavy atom. The fourth-order valence-electron chi connectivity index (χ4n) is 2.92. The van der Waals surface area contributed by atoms with Gasteiger partial charge < -0.3 is 14.8 Å². The number of sulfonamides is 1. The number of nitrogens with zero attached hydrogens (tertiary/aromatic N) is 1. The van der Waals surface area contributed by atoms with Crippen LogP contribution in [0.15, 0.2) is 46.7 Å². The lowest BCUT2D eigenvalue weighted by atomic mass is 10.1. The third-order valence-electron chi connectivity index (χ3n) is 4.41. The van der Waals surface area contributed by atoms with E-state index in [0.29, 0.717) is 36.7 Å². The standard InChI is InChI=1S/C19H22N2O6S2/c1-26-19(23)18(14-5-3-2-4-6-14)20-16(22)13-15-7-8-17(28-15)29(24,25)21-9-11-27-12-10-21/h2-8,18H,9-13H2,1H3,(H,20,22)/t18-/m0/s1. The molecule has 0 radical (unpaired) electrons. The number of rotatable bonds is 7. The van der Waals surface area contributed by atoms with Gasteiger partial charge in [0.25, 0.3) is 10.0 Å². The van der Waals surface area contributed by atoms with Crippen molar-refractivity contribution < 1.29 is 27.5 Å². The van der Waals surface area contributed by atoms with Gasteiger partial charge in [-0.2, -0.15) is 4.31 Å². The number of nitrogens with one attached hydrogen (secondary N) is 1. The van der Waals surface area contributed by atoms with Crippen LogP contribution in [0, 0.1) is 0 Å². The lowest BCUT2D eigenvalue weighted by molar-refractivity contribution is -0.145. The van der Waals surface area contributed by atoms with Gasteiger partial charge in [-0.3, -0.25) is 4.79 Å². The highest BCUT2D eigenvalue weighted by Crippen LogP contribution is 2.26. The van der Waals surface area contributed by atoms with Crippen LogP contribution in [0.2, 0.25) is 0 Å². The topological polar surface area (TPSA) is 102 Å². The molecule has 1 aromatic heterocycles. The van der Waals surface area contributed by atoms with Crippen molar-refractivity contribution in [2.24, 2.45) is 0 Å². The number of morpholine rings is 1. The normalized spacial score (nSPS) is 16.2. The van der Waals surface area contributed by atoms with E-state index in [1.807, 2.05) is 6.07 Å². The van der Waals surface area contributed by atoms with Crippen LogP contribution in [0.4, 0.5) is 0 Å². The molecule has 2 aromatic rings. The van der Waals surface area contributed by atoms with E-state index >= 15 is 0 Å². The maximum absolute atomic E-state index is 12.7. The summed E-state index contributed by atoms with van der Waals surface area (Å²) in [5, 5.41) is 2.66. The fraction of sp³-hybridized carbons (Fsp3) is 0.368. The number of thiophene rings is 1. The van der Waals surface area contributed by atoms with Gasteiger partial charge in [-0.1, -0.05) is 30.3 Å². The minimum absolute atomic E-state index is 0.0381. The molecule has 1 aromatic carbocycles. The summed E-state index contributed by atoms with van der Waals surface area (Å²) >= 11 is 1.05. The quantitative estimate of drug-likeness (QED) is 0.655. The number of carbonyl (C=O) groups excluding carboxylic acids is 2. The first-order chi connectivity index (χ1) is 13.9. The van der Waals surface area contributed by atoms with E-state index in [1.54, 1.807) is 30.3 Å². The zero-order valence-corrected chi connectivity index (χ0v) is 17.5. The van der Waals surface area contributed by atoms with Gasteiger partial charge in [0.15, 0.2) is 6.04 Å². The van der Waals surface area contributed by atoms with Crippen molar-refractivity contribution in [1.82, 2.24) is 9.62 Å². The number of amides is 1. The molecule has 3 rings (SSSR count). The van der Waals surface area contributed by atoms with Crippen LogP contribution in [-0.2, 0) is 35.5 Å². The second-order valence-corrected chi connectivity index (χ2v) is 9.68. The minimum atomic E-state index is -3.59. The number of hydrogen-bond acceptors (Lipinski definition) is 7. The van der Waals surface area contributed by atoms with Crippen LogP contribution < -0.4 is 5.32 Å². The molecule has 0 spiro atoms. The van der Waals surface area contributed by atoms with Gasteiger partial charge in [-0.25, -0.2) is 13.2 Å². The van der Waals surface area contributed by atoms with Crippen LogP contribution in [0.1, 0.15) is 16.5 Å². The highest BCUT2D eigenvalue weighted by Gasteiger charge is 2.28. The average Bonchev–Trinajstić information content (AvgIpc) is 3.22. The Bertz CT molecular complexity index is 952. The van der Waals surface area contributed by atoms with Crippen molar-refractivity contribution in [3.8, 4) is 0 Å². The molecule has 29 heavy (non-hydrogen) atoms. The lowest BCUT2D eigenvalue weighted by Gasteiger charge is -2.25. The molecule has 1 fully saturated rings. The van der Waals surface area contributed by atoms with Crippen LogP contribution in [0.5, 0.6) is 0 Å². The monoisotopic (exact) mass is 438 g/mol. The van der Waals surface area contributed by atoms with E-state index in [1.165, 1.54) is 17.5 Å². The predicted molar refractivity (Wildman–Crippen MR) is 107 cm³/mol. The van der Waals surface area contributed by atoms with E-state index < -0.39 is 27.9 Å². The molecular weight excluding hydrogens is 416 g/mol. The molecule has 10 heteroatoms. The van der Waals surface area contributed by atoms with E-state index in [9.17, 15) is 18.0 Å². The van der Waals surface area contributed by atoms with Gasteiger partial charge in [0.05, 0.1) is 26.7 Å². The lowest BCUT2D eigenvalue weighted by Crippen LogP contribution is -2.40. The average molecular weight is 439 g/mol. The first-order valence-corrected chi connectivity index (χ1v) is 11.3. The molecule has 1 saturated heterocycles. The smallest absolute Gasteiger partial charge is 0.333 e. The number of carbonyl (C=O) groups is 2. The summed E-state index contributed by atoms with van der Waals surface area (Å²) in [6.07, 6.45) is -0.0381. The largest absolute Gasteiger partial charge is 0.467 e. The Labute approximate surface area is 173 Å². The number of benzene rings is 1. The number of esters is 1. The van der Waals surface area contributed by atoms with Gasteiger partial charge in [0.2, 0.25) is 5.91 Å². The molecule has 1 aliphatic rings. The van der Waals surface area contributed by atoms with Crippen molar-refractivity contribution in [2.45, 2.75) is 16.7 Å². The molecule has 0 aliphatic carbocycles. The van der Waals surface area contributed by atoms with Crippen molar-refractivity contribution in [2.75, 3.05) is 33.4 Å². The number of methoxy groups -OCH3 is 1. The Hall–Kier alpha value is -2.27. The zero-order valence-electron chi connectivity index (χ0n) is 15.9. The molecule has 1 aliphatic heterocycles. The molecule has 1 amide bonds. The molecule has 156 valence electrons. The molecule has 0 bridgehead atoms. The molecular formula is C19H22N2O6S2. The van der Waals surface area contributed by atoms with E-state index in [-0.39, 0.29) is 10.6 Å². The Morgan fingerprint density at radius 3 is 2.52 bits per heavy atom. The molecule has 2 heterocycles. The van der Waals surface area contributed by atoms with Crippen LogP contribution in [-0.4, -0.2) is 58.0 Å². The number of ether oxygens (including phenoxy) is 2. The summed E-state index contributed by atoms with van der Waals surface area (Å²) in [4.78, 5) is 25.2. The van der Waals surface area contributed by atoms with Gasteiger partial charge >= 0.3 is 5.97 Å². The van der Waals surface area contributed by atoms with Crippen LogP contribution in [0.3, 0.4) is 0 Å². The number of hydrogen-bond donors (Lipinski definition) is 1. The maximum atomic E-state index is 12.7. The summed E-state index contributed by atoms with van der Waals surface area (Å²) in [5.74, 6) is -0.979. The highest BCUT2D eigenvalue weighted by molar-refractivity contribution is 7.91. The van der Waals surface area contributed by atoms with Gasteiger partial charge in [0.1, 0.15) is 4.21 Å². The summed E-state index contributed by atoms with van der Waals surface area (Å²) in [5.41, 5.74) is 0.606. The predicted octanol–water partition coefficient (Wildman–Crippen LogP) is 1.34. The van der Waals surface area contributed by atoms with Crippen molar-refractivity contribution in [3.05, 3.63) is 52.9 Å². The first kappa shape index (κ1) is 21.4. The van der Waals surface area contributed by atoms with E-state index in [2.05, 4.69) is 5.32 Å². The molecule has 1 atom stereocenters. The van der Waals surface area contributed by atoms with Gasteiger partial charge in [-0.15, -0.1) is 11.3 Å². The Morgan fingerprint density at radius 1 is 1.17 bits per heavy atom. The molecule has 8 nitrogen and oxygen atoms in total. The second-order valence-electron chi connectivity index (χ2n) is 6.35. The van der Waals surface area contributed by atoms with Crippen molar-refractivity contribution in [3.63, 3.8) is 0 Å². The third-order valence-corrected chi connectivity index (χ3v) is 7.86. The third kappa shape index (κ3) is 5.21. The van der Waals surface area contributed by atoms with Crippen LogP contribution >= 0.6 is 11.3 Å².